The third-order valence-electron chi connectivity index (χ3n) is 8.20. The Morgan fingerprint density at radius 1 is 0.915 bits per heavy atom. The molecule has 3 heterocycles. The first kappa shape index (κ1) is 34.0. The van der Waals surface area contributed by atoms with Crippen LogP contribution in [-0.2, 0) is 21.4 Å². The van der Waals surface area contributed by atoms with Gasteiger partial charge in [-0.1, -0.05) is 77.9 Å². The van der Waals surface area contributed by atoms with E-state index in [1.54, 1.807) is 4.90 Å². The lowest BCUT2D eigenvalue weighted by molar-refractivity contribution is -0.141. The Bertz CT molecular complexity index is 1680. The van der Waals surface area contributed by atoms with Gasteiger partial charge in [-0.2, -0.15) is 0 Å². The Morgan fingerprint density at radius 3 is 2.13 bits per heavy atom. The summed E-state index contributed by atoms with van der Waals surface area (Å²) in [5.74, 6) is 0.830. The number of aromatic nitrogens is 2. The van der Waals surface area contributed by atoms with E-state index in [0.717, 1.165) is 45.6 Å². The van der Waals surface area contributed by atoms with Crippen molar-refractivity contribution < 1.29 is 19.1 Å². The molecule has 8 nitrogen and oxygen atoms in total. The highest BCUT2D eigenvalue weighted by molar-refractivity contribution is 7.14. The van der Waals surface area contributed by atoms with E-state index in [-0.39, 0.29) is 28.6 Å². The van der Waals surface area contributed by atoms with Crippen LogP contribution in [0.4, 0.5) is 0 Å². The summed E-state index contributed by atoms with van der Waals surface area (Å²) >= 11 is 1.44. The molecule has 2 amide bonds. The standard InChI is InChI=1S/C38H44N4O4S/c1-37(2,3)17-18-46-30-13-11-27(12-14-30)29-20-39-34(40-21-29)28-9-7-25(8-10-28)19-31(36(45)42-22-26(23-42)24-43)41-35(44)32-15-16-33(47-32)38(4,5)6/h7-16,20-21,24,26,31H,17-19,22-23H2,1-6H3,(H,41,44). The van der Waals surface area contributed by atoms with Gasteiger partial charge >= 0.3 is 0 Å². The van der Waals surface area contributed by atoms with Crippen molar-refractivity contribution in [2.45, 2.75) is 65.8 Å². The number of hydrogen-bond acceptors (Lipinski definition) is 7. The number of aldehydes is 1. The summed E-state index contributed by atoms with van der Waals surface area (Å²) in [6, 6.07) is 18.7. The first-order chi connectivity index (χ1) is 22.3. The first-order valence-electron chi connectivity index (χ1n) is 16.1. The monoisotopic (exact) mass is 652 g/mol. The van der Waals surface area contributed by atoms with Crippen molar-refractivity contribution in [3.63, 3.8) is 0 Å². The van der Waals surface area contributed by atoms with Gasteiger partial charge < -0.3 is 19.7 Å². The molecule has 9 heteroatoms. The lowest BCUT2D eigenvalue weighted by Gasteiger charge is -2.38. The topological polar surface area (TPSA) is 101 Å². The maximum atomic E-state index is 13.4. The van der Waals surface area contributed by atoms with Crippen LogP contribution in [-0.4, -0.2) is 58.7 Å². The second-order valence-electron chi connectivity index (χ2n) is 14.5. The number of rotatable bonds is 11. The van der Waals surface area contributed by atoms with Crippen molar-refractivity contribution in [1.82, 2.24) is 20.2 Å². The highest BCUT2D eigenvalue weighted by Crippen LogP contribution is 2.30. The maximum absolute atomic E-state index is 13.4. The molecule has 1 aliphatic heterocycles. The van der Waals surface area contributed by atoms with Crippen molar-refractivity contribution in [3.8, 4) is 28.3 Å². The minimum Gasteiger partial charge on any atom is -0.494 e. The van der Waals surface area contributed by atoms with Gasteiger partial charge in [-0.25, -0.2) is 9.97 Å². The summed E-state index contributed by atoms with van der Waals surface area (Å²) in [5.41, 5.74) is 3.82. The van der Waals surface area contributed by atoms with Gasteiger partial charge in [0, 0.05) is 53.8 Å². The summed E-state index contributed by atoms with van der Waals surface area (Å²) in [6.07, 6.45) is 5.80. The largest absolute Gasteiger partial charge is 0.494 e. The van der Waals surface area contributed by atoms with Crippen molar-refractivity contribution in [1.29, 1.82) is 0 Å². The number of likely N-dealkylation sites (tertiary alicyclic amines) is 1. The van der Waals surface area contributed by atoms with E-state index in [9.17, 15) is 14.4 Å². The van der Waals surface area contributed by atoms with Gasteiger partial charge in [-0.3, -0.25) is 9.59 Å². The van der Waals surface area contributed by atoms with Gasteiger partial charge in [0.1, 0.15) is 18.1 Å². The smallest absolute Gasteiger partial charge is 0.262 e. The van der Waals surface area contributed by atoms with Crippen LogP contribution in [0, 0.1) is 11.3 Å². The average Bonchev–Trinajstić information content (AvgIpc) is 3.52. The zero-order valence-corrected chi connectivity index (χ0v) is 28.9. The van der Waals surface area contributed by atoms with Crippen molar-refractivity contribution in [2.24, 2.45) is 11.3 Å². The summed E-state index contributed by atoms with van der Waals surface area (Å²) in [4.78, 5) is 50.3. The summed E-state index contributed by atoms with van der Waals surface area (Å²) in [7, 11) is 0. The third-order valence-corrected chi connectivity index (χ3v) is 9.71. The highest BCUT2D eigenvalue weighted by Gasteiger charge is 2.35. The molecule has 1 aliphatic rings. The Morgan fingerprint density at radius 2 is 1.55 bits per heavy atom. The molecule has 47 heavy (non-hydrogen) atoms. The lowest BCUT2D eigenvalue weighted by Crippen LogP contribution is -2.57. The molecule has 2 aromatic heterocycles. The molecular formula is C38H44N4O4S. The molecule has 0 saturated carbocycles. The molecule has 0 aliphatic carbocycles. The fourth-order valence-corrected chi connectivity index (χ4v) is 6.13. The van der Waals surface area contributed by atoms with Crippen LogP contribution in [0.5, 0.6) is 5.75 Å². The molecule has 1 N–H and O–H groups in total. The third kappa shape index (κ3) is 8.92. The Labute approximate surface area is 281 Å². The van der Waals surface area contributed by atoms with E-state index in [1.165, 1.54) is 11.3 Å². The van der Waals surface area contributed by atoms with Gasteiger partial charge in [0.05, 0.1) is 11.5 Å². The van der Waals surface area contributed by atoms with Crippen LogP contribution in [0.15, 0.2) is 73.1 Å². The number of amides is 2. The number of nitrogens with zero attached hydrogens (tertiary/aromatic N) is 3. The number of benzene rings is 2. The van der Waals surface area contributed by atoms with Gasteiger partial charge in [-0.05, 0) is 52.6 Å². The van der Waals surface area contributed by atoms with E-state index in [0.29, 0.717) is 36.8 Å². The molecule has 4 aromatic rings. The molecular weight excluding hydrogens is 609 g/mol. The van der Waals surface area contributed by atoms with Gasteiger partial charge in [0.15, 0.2) is 5.82 Å². The predicted molar refractivity (Wildman–Crippen MR) is 187 cm³/mol. The number of nitrogens with one attached hydrogen (secondary N) is 1. The maximum Gasteiger partial charge on any atom is 0.262 e. The van der Waals surface area contributed by atoms with Crippen molar-refractivity contribution in [3.05, 3.63) is 88.4 Å². The molecule has 246 valence electrons. The first-order valence-corrected chi connectivity index (χ1v) is 16.9. The molecule has 2 aromatic carbocycles. The zero-order chi connectivity index (χ0) is 33.8. The van der Waals surface area contributed by atoms with E-state index in [4.69, 9.17) is 4.74 Å². The molecule has 1 unspecified atom stereocenters. The van der Waals surface area contributed by atoms with Gasteiger partial charge in [-0.15, -0.1) is 11.3 Å². The fourth-order valence-electron chi connectivity index (χ4n) is 5.16. The zero-order valence-electron chi connectivity index (χ0n) is 28.1. The van der Waals surface area contributed by atoms with E-state index in [1.807, 2.05) is 73.1 Å². The fraction of sp³-hybridized carbons (Fsp3) is 0.395. The molecule has 0 radical (unpaired) electrons. The van der Waals surface area contributed by atoms with Crippen LogP contribution in [0.2, 0.25) is 0 Å². The normalized spacial score (nSPS) is 14.3. The Kier molecular flexibility index (Phi) is 10.2. The number of thiophene rings is 1. The molecule has 1 fully saturated rings. The van der Waals surface area contributed by atoms with Crippen LogP contribution in [0.1, 0.15) is 68.1 Å². The molecule has 1 atom stereocenters. The number of carbonyl (C=O) groups excluding carboxylic acids is 3. The van der Waals surface area contributed by atoms with Crippen LogP contribution < -0.4 is 10.1 Å². The Hall–Kier alpha value is -4.37. The van der Waals surface area contributed by atoms with E-state index < -0.39 is 6.04 Å². The number of carbonyl (C=O) groups is 3. The van der Waals surface area contributed by atoms with Gasteiger partial charge in [0.25, 0.3) is 5.91 Å². The van der Waals surface area contributed by atoms with E-state index >= 15 is 0 Å². The average molecular weight is 653 g/mol. The quantitative estimate of drug-likeness (QED) is 0.176. The van der Waals surface area contributed by atoms with Crippen molar-refractivity contribution in [2.75, 3.05) is 19.7 Å². The lowest BCUT2D eigenvalue weighted by atomic mass is 9.93. The highest BCUT2D eigenvalue weighted by atomic mass is 32.1. The molecule has 0 spiro atoms. The van der Waals surface area contributed by atoms with E-state index in [2.05, 4.69) is 56.8 Å². The summed E-state index contributed by atoms with van der Waals surface area (Å²) in [6.45, 7) is 14.4. The number of hydrogen-bond donors (Lipinski definition) is 1. The second-order valence-corrected chi connectivity index (χ2v) is 15.5. The van der Waals surface area contributed by atoms with Crippen LogP contribution >= 0.6 is 11.3 Å². The van der Waals surface area contributed by atoms with Crippen LogP contribution in [0.3, 0.4) is 0 Å². The van der Waals surface area contributed by atoms with Gasteiger partial charge in [0.2, 0.25) is 5.91 Å². The summed E-state index contributed by atoms with van der Waals surface area (Å²) in [5, 5.41) is 2.97. The van der Waals surface area contributed by atoms with Crippen LogP contribution in [0.25, 0.3) is 22.5 Å². The predicted octanol–water partition coefficient (Wildman–Crippen LogP) is 6.98. The van der Waals surface area contributed by atoms with Crippen molar-refractivity contribution >= 4 is 29.4 Å². The minimum atomic E-state index is -0.757. The molecule has 0 bridgehead atoms. The number of ether oxygens (including phenoxy) is 1. The second kappa shape index (κ2) is 14.2. The molecule has 5 rings (SSSR count). The Balaban J connectivity index is 1.24. The molecule has 1 saturated heterocycles. The summed E-state index contributed by atoms with van der Waals surface area (Å²) < 4.78 is 5.89. The SMILES string of the molecule is CC(C)(C)CCOc1ccc(-c2cnc(-c3ccc(CC(NC(=O)c4ccc(C(C)(C)C)s4)C(=O)N4CC(C=O)C4)cc3)nc2)cc1. The minimum absolute atomic E-state index is 0.0711.